The van der Waals surface area contributed by atoms with E-state index >= 15 is 0 Å². The fourth-order valence-electron chi connectivity index (χ4n) is 2.19. The molecule has 0 aliphatic rings. The van der Waals surface area contributed by atoms with Crippen molar-refractivity contribution in [1.82, 2.24) is 4.98 Å². The summed E-state index contributed by atoms with van der Waals surface area (Å²) < 4.78 is 11.2. The summed E-state index contributed by atoms with van der Waals surface area (Å²) in [5.41, 5.74) is 2.09. The number of benzene rings is 2. The third kappa shape index (κ3) is 3.81. The summed E-state index contributed by atoms with van der Waals surface area (Å²) in [7, 11) is 0. The molecule has 0 unspecified atom stereocenters. The highest BCUT2D eigenvalue weighted by atomic mass is 16.5. The fraction of sp³-hybridized carbons (Fsp3) is 0.158. The van der Waals surface area contributed by atoms with Gasteiger partial charge in [0.25, 0.3) is 0 Å². The van der Waals surface area contributed by atoms with Crippen molar-refractivity contribution in [3.05, 3.63) is 60.5 Å². The third-order valence-corrected chi connectivity index (χ3v) is 3.29. The number of anilines is 1. The molecule has 1 heterocycles. The van der Waals surface area contributed by atoms with Gasteiger partial charge in [-0.25, -0.2) is 4.98 Å². The van der Waals surface area contributed by atoms with Gasteiger partial charge in [-0.05, 0) is 30.7 Å². The largest absolute Gasteiger partial charge is 0.491 e. The van der Waals surface area contributed by atoms with Crippen LogP contribution in [0.2, 0.25) is 0 Å². The van der Waals surface area contributed by atoms with Crippen LogP contribution in [-0.4, -0.2) is 17.5 Å². The molecule has 2 aromatic carbocycles. The van der Waals surface area contributed by atoms with Crippen molar-refractivity contribution in [1.29, 1.82) is 0 Å². The molecular weight excluding hydrogens is 304 g/mol. The van der Waals surface area contributed by atoms with E-state index < -0.39 is 0 Å². The second-order valence-corrected chi connectivity index (χ2v) is 5.19. The van der Waals surface area contributed by atoms with Gasteiger partial charge in [0, 0.05) is 12.2 Å². The molecule has 1 N–H and O–H groups in total. The molecule has 0 aliphatic heterocycles. The highest BCUT2D eigenvalue weighted by molar-refractivity contribution is 6.02. The molecule has 0 radical (unpaired) electrons. The van der Waals surface area contributed by atoms with Gasteiger partial charge < -0.3 is 14.5 Å². The van der Waals surface area contributed by atoms with E-state index in [-0.39, 0.29) is 5.91 Å². The third-order valence-electron chi connectivity index (χ3n) is 3.29. The average molecular weight is 322 g/mol. The molecule has 1 aromatic heterocycles. The van der Waals surface area contributed by atoms with Crippen LogP contribution in [-0.2, 0) is 4.79 Å². The highest BCUT2D eigenvalue weighted by Gasteiger charge is 2.06. The van der Waals surface area contributed by atoms with E-state index in [1.807, 2.05) is 49.4 Å². The second kappa shape index (κ2) is 7.46. The molecule has 0 spiro atoms. The van der Waals surface area contributed by atoms with E-state index in [4.69, 9.17) is 9.15 Å². The fourth-order valence-corrected chi connectivity index (χ4v) is 2.19. The molecule has 122 valence electrons. The number of carbonyl (C=O) groups is 1. The quantitative estimate of drug-likeness (QED) is 0.688. The first-order valence-electron chi connectivity index (χ1n) is 7.82. The van der Waals surface area contributed by atoms with Crippen LogP contribution in [0.5, 0.6) is 5.75 Å². The lowest BCUT2D eigenvalue weighted by Crippen LogP contribution is -2.09. The molecule has 0 aliphatic carbocycles. The first kappa shape index (κ1) is 15.8. The molecule has 1 amide bonds. The Bertz CT molecular complexity index is 835. The van der Waals surface area contributed by atoms with Crippen molar-refractivity contribution >= 4 is 28.8 Å². The van der Waals surface area contributed by atoms with E-state index in [0.717, 1.165) is 11.9 Å². The van der Waals surface area contributed by atoms with Crippen LogP contribution in [0.4, 0.5) is 5.69 Å². The topological polar surface area (TPSA) is 64.4 Å². The summed E-state index contributed by atoms with van der Waals surface area (Å²) in [6, 6.07) is 14.8. The zero-order chi connectivity index (χ0) is 16.8. The molecule has 5 heteroatoms. The summed E-state index contributed by atoms with van der Waals surface area (Å²) >= 11 is 0. The first-order chi connectivity index (χ1) is 11.8. The normalized spacial score (nSPS) is 11.0. The maximum absolute atomic E-state index is 12.1. The Hall–Kier alpha value is -3.08. The Morgan fingerprint density at radius 2 is 2.00 bits per heavy atom. The summed E-state index contributed by atoms with van der Waals surface area (Å²) in [4.78, 5) is 16.4. The SMILES string of the molecule is CCCOc1ccccc1NC(=O)/C=C/c1nc2ccccc2o1. The van der Waals surface area contributed by atoms with Gasteiger partial charge in [-0.1, -0.05) is 31.2 Å². The van der Waals surface area contributed by atoms with Gasteiger partial charge in [-0.3, -0.25) is 4.79 Å². The highest BCUT2D eigenvalue weighted by Crippen LogP contribution is 2.24. The summed E-state index contributed by atoms with van der Waals surface area (Å²) in [6.07, 6.45) is 3.84. The van der Waals surface area contributed by atoms with Crippen molar-refractivity contribution in [3.63, 3.8) is 0 Å². The predicted molar refractivity (Wildman–Crippen MR) is 93.9 cm³/mol. The van der Waals surface area contributed by atoms with Crippen LogP contribution in [0.15, 0.2) is 59.0 Å². The maximum Gasteiger partial charge on any atom is 0.248 e. The van der Waals surface area contributed by atoms with Crippen LogP contribution in [0.25, 0.3) is 17.2 Å². The number of oxazole rings is 1. The van der Waals surface area contributed by atoms with Crippen LogP contribution in [0.3, 0.4) is 0 Å². The molecule has 0 saturated heterocycles. The molecule has 3 aromatic rings. The number of nitrogens with zero attached hydrogens (tertiary/aromatic N) is 1. The van der Waals surface area contributed by atoms with Crippen LogP contribution < -0.4 is 10.1 Å². The molecule has 3 rings (SSSR count). The lowest BCUT2D eigenvalue weighted by atomic mass is 10.3. The van der Waals surface area contributed by atoms with E-state index in [0.29, 0.717) is 29.5 Å². The van der Waals surface area contributed by atoms with Crippen LogP contribution >= 0.6 is 0 Å². The van der Waals surface area contributed by atoms with Gasteiger partial charge >= 0.3 is 0 Å². The Kier molecular flexibility index (Phi) is 4.91. The zero-order valence-electron chi connectivity index (χ0n) is 13.4. The molecule has 0 bridgehead atoms. The Morgan fingerprint density at radius 1 is 1.21 bits per heavy atom. The van der Waals surface area contributed by atoms with E-state index in [2.05, 4.69) is 10.3 Å². The maximum atomic E-state index is 12.1. The van der Waals surface area contributed by atoms with Crippen molar-refractivity contribution in [2.75, 3.05) is 11.9 Å². The number of ether oxygens (including phenoxy) is 1. The Labute approximate surface area is 140 Å². The number of para-hydroxylation sites is 4. The second-order valence-electron chi connectivity index (χ2n) is 5.19. The number of amides is 1. The number of nitrogens with one attached hydrogen (secondary N) is 1. The van der Waals surface area contributed by atoms with Crippen molar-refractivity contribution in [3.8, 4) is 5.75 Å². The van der Waals surface area contributed by atoms with Gasteiger partial charge in [0.05, 0.1) is 12.3 Å². The molecule has 24 heavy (non-hydrogen) atoms. The average Bonchev–Trinajstić information content (AvgIpc) is 3.02. The number of rotatable bonds is 6. The lowest BCUT2D eigenvalue weighted by molar-refractivity contribution is -0.111. The minimum absolute atomic E-state index is 0.273. The van der Waals surface area contributed by atoms with Gasteiger partial charge in [0.2, 0.25) is 11.8 Å². The molecule has 0 saturated carbocycles. The lowest BCUT2D eigenvalue weighted by Gasteiger charge is -2.10. The number of hydrogen-bond acceptors (Lipinski definition) is 4. The molecule has 0 atom stereocenters. The molecule has 0 fully saturated rings. The van der Waals surface area contributed by atoms with E-state index in [9.17, 15) is 4.79 Å². The molecule has 5 nitrogen and oxygen atoms in total. The minimum Gasteiger partial charge on any atom is -0.491 e. The standard InChI is InChI=1S/C19H18N2O3/c1-2-13-23-16-9-5-3-7-14(16)20-18(22)11-12-19-21-15-8-4-6-10-17(15)24-19/h3-12H,2,13H2,1H3,(H,20,22)/b12-11+. The molecular formula is C19H18N2O3. The van der Waals surface area contributed by atoms with Gasteiger partial charge in [-0.2, -0.15) is 0 Å². The van der Waals surface area contributed by atoms with Crippen molar-refractivity contribution in [2.24, 2.45) is 0 Å². The summed E-state index contributed by atoms with van der Waals surface area (Å²) in [5.74, 6) is 0.773. The van der Waals surface area contributed by atoms with Gasteiger partial charge in [0.1, 0.15) is 11.3 Å². The summed E-state index contributed by atoms with van der Waals surface area (Å²) in [5, 5.41) is 2.80. The number of carbonyl (C=O) groups excluding carboxylic acids is 1. The minimum atomic E-state index is -0.273. The van der Waals surface area contributed by atoms with Crippen LogP contribution in [0.1, 0.15) is 19.2 Å². The van der Waals surface area contributed by atoms with Crippen molar-refractivity contribution in [2.45, 2.75) is 13.3 Å². The number of fused-ring (bicyclic) bond motifs is 1. The number of hydrogen-bond donors (Lipinski definition) is 1. The Morgan fingerprint density at radius 3 is 2.83 bits per heavy atom. The van der Waals surface area contributed by atoms with Crippen LogP contribution in [0, 0.1) is 0 Å². The monoisotopic (exact) mass is 322 g/mol. The van der Waals surface area contributed by atoms with Crippen molar-refractivity contribution < 1.29 is 13.9 Å². The smallest absolute Gasteiger partial charge is 0.248 e. The summed E-state index contributed by atoms with van der Waals surface area (Å²) in [6.45, 7) is 2.63. The zero-order valence-corrected chi connectivity index (χ0v) is 13.4. The van der Waals surface area contributed by atoms with Gasteiger partial charge in [0.15, 0.2) is 5.58 Å². The predicted octanol–water partition coefficient (Wildman–Crippen LogP) is 4.27. The van der Waals surface area contributed by atoms with Gasteiger partial charge in [-0.15, -0.1) is 0 Å². The number of aromatic nitrogens is 1. The first-order valence-corrected chi connectivity index (χ1v) is 7.82. The van der Waals surface area contributed by atoms with E-state index in [1.54, 1.807) is 12.1 Å². The Balaban J connectivity index is 1.69. The van der Waals surface area contributed by atoms with E-state index in [1.165, 1.54) is 6.08 Å².